The minimum Gasteiger partial charge on any atom is -0.350 e. The number of rotatable bonds is 0. The molecule has 3 aliphatic carbocycles. The molecule has 3 heteroatoms. The lowest BCUT2D eigenvalue weighted by Gasteiger charge is -2.63. The van der Waals surface area contributed by atoms with E-state index in [-0.39, 0.29) is 16.9 Å². The Bertz CT molecular complexity index is 563. The predicted molar refractivity (Wildman–Crippen MR) is 88.9 cm³/mol. The van der Waals surface area contributed by atoms with Gasteiger partial charge in [0.1, 0.15) is 0 Å². The summed E-state index contributed by atoms with van der Waals surface area (Å²) in [6.45, 7) is 9.60. The fourth-order valence-electron chi connectivity index (χ4n) is 6.11. The van der Waals surface area contributed by atoms with Crippen LogP contribution in [0.25, 0.3) is 0 Å². The van der Waals surface area contributed by atoms with Crippen molar-refractivity contribution < 1.29 is 14.3 Å². The SMILES string of the molecule is CC1(C)OC[C@]2(C)[C@@H](CC[C@]3(C)C4=CC(=O)CCC4CC[C@@H]23)O1. The monoisotopic (exact) mass is 318 g/mol. The molecule has 4 rings (SSSR count). The number of ether oxygens (including phenoxy) is 2. The molecule has 0 amide bonds. The van der Waals surface area contributed by atoms with Crippen molar-refractivity contribution in [2.75, 3.05) is 6.61 Å². The summed E-state index contributed by atoms with van der Waals surface area (Å²) in [7, 11) is 0. The summed E-state index contributed by atoms with van der Waals surface area (Å²) in [4.78, 5) is 12.1. The van der Waals surface area contributed by atoms with Crippen molar-refractivity contribution in [2.24, 2.45) is 22.7 Å². The van der Waals surface area contributed by atoms with Gasteiger partial charge < -0.3 is 9.47 Å². The van der Waals surface area contributed by atoms with Crippen molar-refractivity contribution >= 4 is 5.78 Å². The third-order valence-electron chi connectivity index (χ3n) is 7.34. The number of hydrogen-bond acceptors (Lipinski definition) is 3. The Morgan fingerprint density at radius 1 is 1.09 bits per heavy atom. The molecule has 0 aromatic carbocycles. The summed E-state index contributed by atoms with van der Waals surface area (Å²) < 4.78 is 12.4. The average Bonchev–Trinajstić information content (AvgIpc) is 2.49. The molecule has 0 aromatic heterocycles. The summed E-state index contributed by atoms with van der Waals surface area (Å²) in [5, 5.41) is 0. The van der Waals surface area contributed by atoms with Crippen LogP contribution in [0.1, 0.15) is 66.2 Å². The van der Waals surface area contributed by atoms with Crippen LogP contribution in [-0.4, -0.2) is 24.3 Å². The van der Waals surface area contributed by atoms with Crippen LogP contribution in [-0.2, 0) is 14.3 Å². The Morgan fingerprint density at radius 2 is 1.87 bits per heavy atom. The standard InChI is InChI=1S/C20H30O3/c1-18(2)22-12-20(4)16-8-6-13-5-7-14(21)11-15(13)19(16,3)10-9-17(20)23-18/h11,13,16-17H,5-10,12H2,1-4H3/t13?,16-,17-,19-,20+/m1/s1. The van der Waals surface area contributed by atoms with Crippen LogP contribution >= 0.6 is 0 Å². The van der Waals surface area contributed by atoms with Crippen LogP contribution in [0.2, 0.25) is 0 Å². The van der Waals surface area contributed by atoms with Crippen LogP contribution in [0.5, 0.6) is 0 Å². The summed E-state index contributed by atoms with van der Waals surface area (Å²) in [6.07, 6.45) is 8.79. The van der Waals surface area contributed by atoms with Crippen molar-refractivity contribution in [3.63, 3.8) is 0 Å². The lowest BCUT2D eigenvalue weighted by Crippen LogP contribution is -2.62. The van der Waals surface area contributed by atoms with Gasteiger partial charge >= 0.3 is 0 Å². The van der Waals surface area contributed by atoms with E-state index in [1.165, 1.54) is 18.4 Å². The highest BCUT2D eigenvalue weighted by molar-refractivity contribution is 5.91. The van der Waals surface area contributed by atoms with Gasteiger partial charge in [-0.15, -0.1) is 0 Å². The topological polar surface area (TPSA) is 35.5 Å². The maximum atomic E-state index is 12.1. The number of carbonyl (C=O) groups excluding carboxylic acids is 1. The van der Waals surface area contributed by atoms with Gasteiger partial charge in [0, 0.05) is 11.8 Å². The van der Waals surface area contributed by atoms with E-state index < -0.39 is 5.79 Å². The molecule has 0 bridgehead atoms. The van der Waals surface area contributed by atoms with Crippen LogP contribution < -0.4 is 0 Å². The van der Waals surface area contributed by atoms with E-state index in [2.05, 4.69) is 13.8 Å². The molecule has 3 nitrogen and oxygen atoms in total. The molecule has 128 valence electrons. The first kappa shape index (κ1) is 15.8. The maximum absolute atomic E-state index is 12.1. The normalized spacial score (nSPS) is 48.8. The third kappa shape index (κ3) is 2.26. The van der Waals surface area contributed by atoms with Crippen molar-refractivity contribution in [1.29, 1.82) is 0 Å². The molecule has 0 N–H and O–H groups in total. The molecular formula is C20H30O3. The lowest BCUT2D eigenvalue weighted by atomic mass is 9.46. The second-order valence-electron chi connectivity index (χ2n) is 9.19. The molecule has 0 spiro atoms. The number of fused-ring (bicyclic) bond motifs is 5. The summed E-state index contributed by atoms with van der Waals surface area (Å²) >= 11 is 0. The Balaban J connectivity index is 1.71. The quantitative estimate of drug-likeness (QED) is 0.669. The molecule has 1 unspecified atom stereocenters. The third-order valence-corrected chi connectivity index (χ3v) is 7.34. The van der Waals surface area contributed by atoms with E-state index >= 15 is 0 Å². The largest absolute Gasteiger partial charge is 0.350 e. The van der Waals surface area contributed by atoms with Gasteiger partial charge in [-0.1, -0.05) is 19.4 Å². The van der Waals surface area contributed by atoms with Crippen LogP contribution in [0.3, 0.4) is 0 Å². The molecule has 5 atom stereocenters. The first-order chi connectivity index (χ1) is 10.7. The number of carbonyl (C=O) groups is 1. The smallest absolute Gasteiger partial charge is 0.163 e. The van der Waals surface area contributed by atoms with Crippen molar-refractivity contribution in [3.8, 4) is 0 Å². The van der Waals surface area contributed by atoms with E-state index in [4.69, 9.17) is 9.47 Å². The molecule has 3 fully saturated rings. The van der Waals surface area contributed by atoms with Crippen LogP contribution in [0.4, 0.5) is 0 Å². The first-order valence-electron chi connectivity index (χ1n) is 9.31. The molecule has 4 aliphatic rings. The van der Waals surface area contributed by atoms with Gasteiger partial charge in [-0.25, -0.2) is 0 Å². The molecular weight excluding hydrogens is 288 g/mol. The second-order valence-corrected chi connectivity index (χ2v) is 9.19. The highest BCUT2D eigenvalue weighted by Crippen LogP contribution is 2.64. The molecule has 1 heterocycles. The zero-order chi connectivity index (χ0) is 16.5. The summed E-state index contributed by atoms with van der Waals surface area (Å²) in [5.41, 5.74) is 1.67. The van der Waals surface area contributed by atoms with Gasteiger partial charge in [0.25, 0.3) is 0 Å². The van der Waals surface area contributed by atoms with E-state index in [1.807, 2.05) is 19.9 Å². The van der Waals surface area contributed by atoms with Gasteiger partial charge in [-0.05, 0) is 69.3 Å². The Morgan fingerprint density at radius 3 is 2.65 bits per heavy atom. The van der Waals surface area contributed by atoms with Crippen LogP contribution in [0, 0.1) is 22.7 Å². The summed E-state index contributed by atoms with van der Waals surface area (Å²) in [5.74, 6) is 1.06. The number of ketones is 1. The fourth-order valence-corrected chi connectivity index (χ4v) is 6.11. The zero-order valence-corrected chi connectivity index (χ0v) is 15.0. The zero-order valence-electron chi connectivity index (χ0n) is 15.0. The average molecular weight is 318 g/mol. The maximum Gasteiger partial charge on any atom is 0.163 e. The van der Waals surface area contributed by atoms with Gasteiger partial charge in [-0.2, -0.15) is 0 Å². The Labute approximate surface area is 139 Å². The van der Waals surface area contributed by atoms with Crippen molar-refractivity contribution in [1.82, 2.24) is 0 Å². The molecule has 1 aliphatic heterocycles. The molecule has 1 saturated heterocycles. The van der Waals surface area contributed by atoms with Crippen molar-refractivity contribution in [3.05, 3.63) is 11.6 Å². The number of hydrogen-bond donors (Lipinski definition) is 0. The first-order valence-corrected chi connectivity index (χ1v) is 9.31. The fraction of sp³-hybridized carbons (Fsp3) is 0.850. The number of allylic oxidation sites excluding steroid dienone is 2. The van der Waals surface area contributed by atoms with Gasteiger partial charge in [0.05, 0.1) is 12.7 Å². The molecule has 2 saturated carbocycles. The van der Waals surface area contributed by atoms with Gasteiger partial charge in [0.15, 0.2) is 11.6 Å². The lowest BCUT2D eigenvalue weighted by molar-refractivity contribution is -0.340. The van der Waals surface area contributed by atoms with Gasteiger partial charge in [0.2, 0.25) is 0 Å². The minimum absolute atomic E-state index is 0.0643. The predicted octanol–water partition coefficient (Wildman–Crippen LogP) is 4.26. The van der Waals surface area contributed by atoms with Gasteiger partial charge in [-0.3, -0.25) is 4.79 Å². The highest BCUT2D eigenvalue weighted by Gasteiger charge is 2.60. The molecule has 23 heavy (non-hydrogen) atoms. The van der Waals surface area contributed by atoms with Crippen LogP contribution in [0.15, 0.2) is 11.6 Å². The summed E-state index contributed by atoms with van der Waals surface area (Å²) in [6, 6.07) is 0. The van der Waals surface area contributed by atoms with E-state index in [0.29, 0.717) is 17.6 Å². The van der Waals surface area contributed by atoms with Crippen molar-refractivity contribution in [2.45, 2.75) is 78.1 Å². The minimum atomic E-state index is -0.463. The second kappa shape index (κ2) is 4.92. The Hall–Kier alpha value is -0.670. The molecule has 0 radical (unpaired) electrons. The Kier molecular flexibility index (Phi) is 3.39. The molecule has 0 aromatic rings. The van der Waals surface area contributed by atoms with E-state index in [9.17, 15) is 4.79 Å². The van der Waals surface area contributed by atoms with E-state index in [0.717, 1.165) is 32.3 Å². The highest BCUT2D eigenvalue weighted by atomic mass is 16.7. The van der Waals surface area contributed by atoms with E-state index in [1.54, 1.807) is 0 Å².